The summed E-state index contributed by atoms with van der Waals surface area (Å²) in [5.41, 5.74) is 3.00. The van der Waals surface area contributed by atoms with Crippen molar-refractivity contribution in [3.05, 3.63) is 94.4 Å². The van der Waals surface area contributed by atoms with Crippen molar-refractivity contribution in [2.45, 2.75) is 26.3 Å². The van der Waals surface area contributed by atoms with Gasteiger partial charge in [0.05, 0.1) is 19.4 Å². The molecule has 0 unspecified atom stereocenters. The number of thiophene rings is 1. The topological polar surface area (TPSA) is 76.4 Å². The minimum atomic E-state index is -0.288. The van der Waals surface area contributed by atoms with Gasteiger partial charge in [-0.25, -0.2) is 4.98 Å². The number of anilines is 2. The van der Waals surface area contributed by atoms with Crippen molar-refractivity contribution in [1.29, 1.82) is 0 Å². The molecule has 1 atom stereocenters. The number of hydrogen-bond acceptors (Lipinski definition) is 6. The number of benzene rings is 1. The fourth-order valence-electron chi connectivity index (χ4n) is 3.51. The van der Waals surface area contributed by atoms with Gasteiger partial charge in [-0.05, 0) is 55.3 Å². The van der Waals surface area contributed by atoms with E-state index in [1.807, 2.05) is 43.3 Å². The number of nitrogens with zero attached hydrogens (tertiary/aromatic N) is 1. The van der Waals surface area contributed by atoms with E-state index in [2.05, 4.69) is 28.6 Å². The summed E-state index contributed by atoms with van der Waals surface area (Å²) in [6.45, 7) is 4.13. The van der Waals surface area contributed by atoms with Gasteiger partial charge in [-0.2, -0.15) is 0 Å². The number of para-hydroxylation sites is 1. The molecule has 3 aromatic heterocycles. The highest BCUT2D eigenvalue weighted by Crippen LogP contribution is 2.40. The van der Waals surface area contributed by atoms with Gasteiger partial charge in [0.2, 0.25) is 0 Å². The van der Waals surface area contributed by atoms with E-state index in [1.54, 1.807) is 36.8 Å². The molecule has 2 N–H and O–H groups in total. The lowest BCUT2D eigenvalue weighted by Crippen LogP contribution is -2.17. The quantitative estimate of drug-likeness (QED) is 0.343. The molecule has 0 radical (unpaired) electrons. The number of carbonyl (C=O) groups is 1. The van der Waals surface area contributed by atoms with Crippen LogP contribution < -0.4 is 15.4 Å². The molecule has 0 aliphatic heterocycles. The molecular formula is C25H25N3O3S. The molecule has 1 amide bonds. The maximum Gasteiger partial charge on any atom is 0.291 e. The summed E-state index contributed by atoms with van der Waals surface area (Å²) < 4.78 is 10.9. The van der Waals surface area contributed by atoms with Crippen molar-refractivity contribution < 1.29 is 13.9 Å². The second-order valence-corrected chi connectivity index (χ2v) is 8.46. The molecule has 4 aromatic rings. The Kier molecular flexibility index (Phi) is 6.56. The number of rotatable bonds is 8. The van der Waals surface area contributed by atoms with Gasteiger partial charge in [0.1, 0.15) is 16.6 Å². The second kappa shape index (κ2) is 9.70. The number of pyridine rings is 1. The fraction of sp³-hybridized carbons (Fsp3) is 0.200. The van der Waals surface area contributed by atoms with Gasteiger partial charge in [0, 0.05) is 22.2 Å². The van der Waals surface area contributed by atoms with Crippen LogP contribution in [0.25, 0.3) is 0 Å². The molecule has 3 heterocycles. The Morgan fingerprint density at radius 3 is 2.72 bits per heavy atom. The Balaban J connectivity index is 1.79. The average Bonchev–Trinajstić information content (AvgIpc) is 3.48. The van der Waals surface area contributed by atoms with Gasteiger partial charge >= 0.3 is 0 Å². The van der Waals surface area contributed by atoms with Crippen molar-refractivity contribution >= 4 is 28.1 Å². The summed E-state index contributed by atoms with van der Waals surface area (Å²) >= 11 is 1.56. The zero-order valence-corrected chi connectivity index (χ0v) is 19.0. The zero-order chi connectivity index (χ0) is 22.5. The Hall–Kier alpha value is -3.58. The van der Waals surface area contributed by atoms with Crippen LogP contribution in [0.4, 0.5) is 10.8 Å². The Bertz CT molecular complexity index is 1200. The van der Waals surface area contributed by atoms with Crippen molar-refractivity contribution in [2.24, 2.45) is 0 Å². The molecule has 0 aliphatic carbocycles. The number of aryl methyl sites for hydroxylation is 2. The first-order chi connectivity index (χ1) is 15.6. The molecule has 0 saturated heterocycles. The highest BCUT2D eigenvalue weighted by atomic mass is 32.1. The molecule has 0 aliphatic rings. The lowest BCUT2D eigenvalue weighted by molar-refractivity contribution is 0.0997. The lowest BCUT2D eigenvalue weighted by atomic mass is 9.98. The first kappa shape index (κ1) is 21.6. The molecule has 0 bridgehead atoms. The third-order valence-corrected chi connectivity index (χ3v) is 6.31. The zero-order valence-electron chi connectivity index (χ0n) is 18.2. The number of methoxy groups -OCH3 is 1. The third kappa shape index (κ3) is 4.68. The number of nitrogens with one attached hydrogen (secondary N) is 2. The van der Waals surface area contributed by atoms with Crippen LogP contribution in [0.3, 0.4) is 0 Å². The monoisotopic (exact) mass is 447 g/mol. The van der Waals surface area contributed by atoms with E-state index >= 15 is 0 Å². The molecule has 7 heteroatoms. The molecule has 6 nitrogen and oxygen atoms in total. The number of hydrogen-bond donors (Lipinski definition) is 2. The van der Waals surface area contributed by atoms with Crippen LogP contribution in [0, 0.1) is 6.92 Å². The first-order valence-electron chi connectivity index (χ1n) is 10.4. The van der Waals surface area contributed by atoms with Crippen molar-refractivity contribution in [3.63, 3.8) is 0 Å². The number of amides is 1. The standard InChI is InChI=1S/C25H25N3O3S/c1-4-17-15-19(25(32-17)28-24(29)21-10-7-13-31-21)23(18-8-5-6-9-20(18)30-3)27-22-14-16(2)11-12-26-22/h5-15,23H,4H2,1-3H3,(H,26,27)(H,28,29)/t23-/m1/s1. The predicted octanol–water partition coefficient (Wildman–Crippen LogP) is 6.07. The van der Waals surface area contributed by atoms with Crippen LogP contribution in [0.1, 0.15) is 45.1 Å². The van der Waals surface area contributed by atoms with Gasteiger partial charge in [0.15, 0.2) is 5.76 Å². The van der Waals surface area contributed by atoms with Crippen molar-refractivity contribution in [3.8, 4) is 5.75 Å². The van der Waals surface area contributed by atoms with Crippen LogP contribution in [0.5, 0.6) is 5.75 Å². The van der Waals surface area contributed by atoms with Crippen LogP contribution in [-0.4, -0.2) is 18.0 Å². The molecule has 32 heavy (non-hydrogen) atoms. The van der Waals surface area contributed by atoms with Crippen LogP contribution in [0.15, 0.2) is 71.5 Å². The van der Waals surface area contributed by atoms with Gasteiger partial charge in [0.25, 0.3) is 5.91 Å². The number of carbonyl (C=O) groups excluding carboxylic acids is 1. The fourth-order valence-corrected chi connectivity index (χ4v) is 4.54. The second-order valence-electron chi connectivity index (χ2n) is 7.32. The molecule has 1 aromatic carbocycles. The maximum absolute atomic E-state index is 12.8. The SMILES string of the molecule is CCc1cc([C@H](Nc2cc(C)ccn2)c2ccccc2OC)c(NC(=O)c2ccco2)s1. The maximum atomic E-state index is 12.8. The highest BCUT2D eigenvalue weighted by molar-refractivity contribution is 7.16. The Morgan fingerprint density at radius 1 is 1.16 bits per heavy atom. The summed E-state index contributed by atoms with van der Waals surface area (Å²) in [7, 11) is 1.66. The summed E-state index contributed by atoms with van der Waals surface area (Å²) in [6, 6.07) is 17.0. The van der Waals surface area contributed by atoms with Crippen LogP contribution in [0.2, 0.25) is 0 Å². The molecule has 4 rings (SSSR count). The predicted molar refractivity (Wildman–Crippen MR) is 128 cm³/mol. The molecule has 0 saturated carbocycles. The van der Waals surface area contributed by atoms with E-state index in [0.717, 1.165) is 44.6 Å². The lowest BCUT2D eigenvalue weighted by Gasteiger charge is -2.23. The number of furan rings is 1. The first-order valence-corrected chi connectivity index (χ1v) is 11.2. The van der Waals surface area contributed by atoms with E-state index in [-0.39, 0.29) is 17.7 Å². The van der Waals surface area contributed by atoms with E-state index in [4.69, 9.17) is 9.15 Å². The molecule has 0 fully saturated rings. The van der Waals surface area contributed by atoms with E-state index < -0.39 is 0 Å². The minimum absolute atomic E-state index is 0.268. The van der Waals surface area contributed by atoms with Gasteiger partial charge in [-0.15, -0.1) is 11.3 Å². The van der Waals surface area contributed by atoms with Crippen LogP contribution >= 0.6 is 11.3 Å². The van der Waals surface area contributed by atoms with E-state index in [0.29, 0.717) is 0 Å². The summed E-state index contributed by atoms with van der Waals surface area (Å²) in [6.07, 6.45) is 4.13. The number of aromatic nitrogens is 1. The minimum Gasteiger partial charge on any atom is -0.496 e. The largest absolute Gasteiger partial charge is 0.496 e. The van der Waals surface area contributed by atoms with E-state index in [9.17, 15) is 4.79 Å². The smallest absolute Gasteiger partial charge is 0.291 e. The van der Waals surface area contributed by atoms with Gasteiger partial charge in [-0.1, -0.05) is 25.1 Å². The van der Waals surface area contributed by atoms with Crippen LogP contribution in [-0.2, 0) is 6.42 Å². The summed E-state index contributed by atoms with van der Waals surface area (Å²) in [4.78, 5) is 18.4. The molecule has 164 valence electrons. The number of ether oxygens (including phenoxy) is 1. The van der Waals surface area contributed by atoms with Crippen molar-refractivity contribution in [1.82, 2.24) is 4.98 Å². The molecular weight excluding hydrogens is 422 g/mol. The Morgan fingerprint density at radius 2 is 2.00 bits per heavy atom. The average molecular weight is 448 g/mol. The summed E-state index contributed by atoms with van der Waals surface area (Å²) in [5.74, 6) is 1.48. The van der Waals surface area contributed by atoms with Gasteiger partial charge in [-0.3, -0.25) is 4.79 Å². The van der Waals surface area contributed by atoms with Crippen molar-refractivity contribution in [2.75, 3.05) is 17.7 Å². The highest BCUT2D eigenvalue weighted by Gasteiger charge is 2.25. The van der Waals surface area contributed by atoms with E-state index in [1.165, 1.54) is 6.26 Å². The Labute approximate surface area is 191 Å². The normalized spacial score (nSPS) is 11.7. The third-order valence-electron chi connectivity index (χ3n) is 5.10. The summed E-state index contributed by atoms with van der Waals surface area (Å²) in [5, 5.41) is 7.35. The molecule has 0 spiro atoms. The van der Waals surface area contributed by atoms with Gasteiger partial charge < -0.3 is 19.8 Å².